The first-order chi connectivity index (χ1) is 10.5. The fourth-order valence-corrected chi connectivity index (χ4v) is 3.23. The molecule has 0 unspecified atom stereocenters. The summed E-state index contributed by atoms with van der Waals surface area (Å²) < 4.78 is 6.81. The molecule has 22 heavy (non-hydrogen) atoms. The van der Waals surface area contributed by atoms with Crippen molar-refractivity contribution in [3.05, 3.63) is 55.2 Å². The summed E-state index contributed by atoms with van der Waals surface area (Å²) in [5.41, 5.74) is 0.719. The number of aliphatic imine (C=N–C) groups is 1. The predicted octanol–water partition coefficient (Wildman–Crippen LogP) is 5.35. The van der Waals surface area contributed by atoms with E-state index in [9.17, 15) is 4.79 Å². The van der Waals surface area contributed by atoms with Gasteiger partial charge in [0.1, 0.15) is 5.76 Å². The number of benzene rings is 1. The van der Waals surface area contributed by atoms with Crippen LogP contribution in [0.3, 0.4) is 0 Å². The highest BCUT2D eigenvalue weighted by atomic mass is 79.9. The van der Waals surface area contributed by atoms with Crippen molar-refractivity contribution < 1.29 is 9.21 Å². The van der Waals surface area contributed by atoms with Crippen molar-refractivity contribution in [2.24, 2.45) is 4.99 Å². The number of amidine groups is 1. The second-order valence-corrected chi connectivity index (χ2v) is 7.27. The lowest BCUT2D eigenvalue weighted by atomic mass is 10.3. The smallest absolute Gasteiger partial charge is 0.264 e. The van der Waals surface area contributed by atoms with Gasteiger partial charge in [0.2, 0.25) is 0 Å². The van der Waals surface area contributed by atoms with Gasteiger partial charge in [-0.25, -0.2) is 4.99 Å². The minimum absolute atomic E-state index is 0.207. The van der Waals surface area contributed by atoms with Crippen LogP contribution in [0.1, 0.15) is 5.76 Å². The van der Waals surface area contributed by atoms with Crippen molar-refractivity contribution in [1.29, 1.82) is 0 Å². The Kier molecular flexibility index (Phi) is 4.77. The van der Waals surface area contributed by atoms with Crippen LogP contribution in [0.2, 0.25) is 5.02 Å². The quantitative estimate of drug-likeness (QED) is 0.612. The zero-order valence-electron chi connectivity index (χ0n) is 10.8. The molecule has 0 saturated carbocycles. The maximum atomic E-state index is 12.0. The molecule has 1 saturated heterocycles. The van der Waals surface area contributed by atoms with Gasteiger partial charge in [0.15, 0.2) is 9.84 Å². The maximum Gasteiger partial charge on any atom is 0.264 e. The number of halogens is 3. The molecule has 2 heterocycles. The Morgan fingerprint density at radius 3 is 2.64 bits per heavy atom. The molecule has 4 nitrogen and oxygen atoms in total. The SMILES string of the molecule is O=C1NC(=Nc2ccc(Cl)cc2)S/C1=C\c1cc(Br)c(Br)o1. The molecule has 2 aromatic rings. The van der Waals surface area contributed by atoms with Gasteiger partial charge in [0.05, 0.1) is 15.1 Å². The van der Waals surface area contributed by atoms with E-state index in [-0.39, 0.29) is 5.91 Å². The molecule has 1 aliphatic heterocycles. The van der Waals surface area contributed by atoms with E-state index in [0.29, 0.717) is 25.5 Å². The number of hydrogen-bond acceptors (Lipinski definition) is 4. The van der Waals surface area contributed by atoms with Crippen LogP contribution in [0, 0.1) is 0 Å². The van der Waals surface area contributed by atoms with Crippen LogP contribution in [0.25, 0.3) is 6.08 Å². The van der Waals surface area contributed by atoms with Crippen molar-refractivity contribution in [2.45, 2.75) is 0 Å². The van der Waals surface area contributed by atoms with Gasteiger partial charge in [-0.3, -0.25) is 4.79 Å². The summed E-state index contributed by atoms with van der Waals surface area (Å²) in [5.74, 6) is 0.366. The number of nitrogens with zero attached hydrogens (tertiary/aromatic N) is 1. The summed E-state index contributed by atoms with van der Waals surface area (Å²) in [7, 11) is 0. The first kappa shape index (κ1) is 15.9. The van der Waals surface area contributed by atoms with Gasteiger partial charge in [-0.15, -0.1) is 0 Å². The molecule has 112 valence electrons. The molecule has 1 aromatic carbocycles. The van der Waals surface area contributed by atoms with Gasteiger partial charge >= 0.3 is 0 Å². The molecule has 1 N–H and O–H groups in total. The number of furan rings is 1. The van der Waals surface area contributed by atoms with Gasteiger partial charge in [-0.2, -0.15) is 0 Å². The van der Waals surface area contributed by atoms with Crippen LogP contribution in [0.4, 0.5) is 5.69 Å². The zero-order chi connectivity index (χ0) is 15.7. The van der Waals surface area contributed by atoms with Gasteiger partial charge in [0, 0.05) is 11.1 Å². The van der Waals surface area contributed by atoms with Gasteiger partial charge in [-0.05, 0) is 74.0 Å². The van der Waals surface area contributed by atoms with Crippen LogP contribution in [0.15, 0.2) is 53.8 Å². The number of thioether (sulfide) groups is 1. The van der Waals surface area contributed by atoms with E-state index < -0.39 is 0 Å². The Hall–Kier alpha value is -1.02. The van der Waals surface area contributed by atoms with Crippen molar-refractivity contribution in [2.75, 3.05) is 0 Å². The Morgan fingerprint density at radius 1 is 1.27 bits per heavy atom. The summed E-state index contributed by atoms with van der Waals surface area (Å²) in [4.78, 5) is 16.8. The first-order valence-corrected chi connectivity index (χ1v) is 8.79. The Labute approximate surface area is 152 Å². The molecule has 1 aromatic heterocycles. The van der Waals surface area contributed by atoms with Crippen LogP contribution in [-0.2, 0) is 4.79 Å². The third kappa shape index (κ3) is 3.65. The molecular formula is C14H7Br2ClN2O2S. The third-order valence-corrected chi connectivity index (χ3v) is 5.52. The fourth-order valence-electron chi connectivity index (χ4n) is 1.68. The summed E-state index contributed by atoms with van der Waals surface area (Å²) in [6.07, 6.45) is 1.67. The average Bonchev–Trinajstić information content (AvgIpc) is 2.96. The fraction of sp³-hybridized carbons (Fsp3) is 0. The summed E-state index contributed by atoms with van der Waals surface area (Å²) >= 11 is 13.7. The highest BCUT2D eigenvalue weighted by Crippen LogP contribution is 2.32. The standard InChI is InChI=1S/C14H7Br2ClN2O2S/c15-10-5-9(21-12(10)16)6-11-13(20)19-14(22-11)18-8-3-1-7(17)2-4-8/h1-6H,(H,18,19,20)/b11-6-. The topological polar surface area (TPSA) is 54.6 Å². The molecule has 0 spiro atoms. The van der Waals surface area contributed by atoms with Crippen molar-refractivity contribution in [3.63, 3.8) is 0 Å². The Morgan fingerprint density at radius 2 is 2.00 bits per heavy atom. The van der Waals surface area contributed by atoms with Crippen molar-refractivity contribution in [1.82, 2.24) is 5.32 Å². The lowest BCUT2D eigenvalue weighted by Gasteiger charge is -1.96. The van der Waals surface area contributed by atoms with E-state index in [2.05, 4.69) is 42.2 Å². The van der Waals surface area contributed by atoms with E-state index in [0.717, 1.165) is 10.2 Å². The molecule has 0 radical (unpaired) electrons. The molecule has 0 atom stereocenters. The van der Waals surface area contributed by atoms with Crippen LogP contribution < -0.4 is 5.32 Å². The van der Waals surface area contributed by atoms with E-state index >= 15 is 0 Å². The highest BCUT2D eigenvalue weighted by molar-refractivity contribution is 9.13. The molecule has 1 fully saturated rings. The van der Waals surface area contributed by atoms with E-state index in [1.165, 1.54) is 11.8 Å². The largest absolute Gasteiger partial charge is 0.449 e. The van der Waals surface area contributed by atoms with Gasteiger partial charge < -0.3 is 9.73 Å². The number of amides is 1. The predicted molar refractivity (Wildman–Crippen MR) is 96.4 cm³/mol. The minimum atomic E-state index is -0.207. The number of nitrogens with one attached hydrogen (secondary N) is 1. The molecule has 0 aliphatic carbocycles. The normalized spacial score (nSPS) is 18.2. The highest BCUT2D eigenvalue weighted by Gasteiger charge is 2.24. The van der Waals surface area contributed by atoms with E-state index in [1.54, 1.807) is 36.4 Å². The Balaban J connectivity index is 1.82. The second kappa shape index (κ2) is 6.62. The van der Waals surface area contributed by atoms with Crippen LogP contribution >= 0.6 is 55.2 Å². The minimum Gasteiger partial charge on any atom is -0.449 e. The van der Waals surface area contributed by atoms with Crippen LogP contribution in [-0.4, -0.2) is 11.1 Å². The number of rotatable bonds is 2. The molecule has 1 amide bonds. The van der Waals surface area contributed by atoms with Crippen molar-refractivity contribution >= 4 is 78.1 Å². The summed E-state index contributed by atoms with van der Waals surface area (Å²) in [6.45, 7) is 0. The molecule has 8 heteroatoms. The van der Waals surface area contributed by atoms with Crippen LogP contribution in [0.5, 0.6) is 0 Å². The molecule has 3 rings (SSSR count). The van der Waals surface area contributed by atoms with Gasteiger partial charge in [-0.1, -0.05) is 11.6 Å². The van der Waals surface area contributed by atoms with E-state index in [4.69, 9.17) is 16.0 Å². The zero-order valence-corrected chi connectivity index (χ0v) is 15.5. The average molecular weight is 463 g/mol. The third-order valence-electron chi connectivity index (χ3n) is 2.65. The van der Waals surface area contributed by atoms with E-state index in [1.807, 2.05) is 0 Å². The monoisotopic (exact) mass is 460 g/mol. The van der Waals surface area contributed by atoms with Gasteiger partial charge in [0.25, 0.3) is 5.91 Å². The molecule has 0 bridgehead atoms. The number of hydrogen-bond donors (Lipinski definition) is 1. The second-order valence-electron chi connectivity index (χ2n) is 4.23. The lowest BCUT2D eigenvalue weighted by Crippen LogP contribution is -2.19. The maximum absolute atomic E-state index is 12.0. The summed E-state index contributed by atoms with van der Waals surface area (Å²) in [5, 5.41) is 3.87. The lowest BCUT2D eigenvalue weighted by molar-refractivity contribution is -0.115. The van der Waals surface area contributed by atoms with Crippen molar-refractivity contribution in [3.8, 4) is 0 Å². The molecular weight excluding hydrogens is 455 g/mol. The summed E-state index contributed by atoms with van der Waals surface area (Å²) in [6, 6.07) is 8.84. The Bertz CT molecular complexity index is 780. The number of carbonyl (C=O) groups excluding carboxylic acids is 1. The first-order valence-electron chi connectivity index (χ1n) is 6.01. The molecule has 1 aliphatic rings. The number of carbonyl (C=O) groups is 1.